The molecule has 4 aromatic carbocycles. The molecule has 10 heteroatoms. The fourth-order valence-corrected chi connectivity index (χ4v) is 5.70. The van der Waals surface area contributed by atoms with Crippen LogP contribution in [0.3, 0.4) is 0 Å². The molecule has 0 aromatic heterocycles. The molecule has 41 heavy (non-hydrogen) atoms. The summed E-state index contributed by atoms with van der Waals surface area (Å²) >= 11 is 0. The van der Waals surface area contributed by atoms with Crippen molar-refractivity contribution in [1.29, 1.82) is 0 Å². The Hall–Kier alpha value is -4.99. The lowest BCUT2D eigenvalue weighted by molar-refractivity contribution is 0.0596. The van der Waals surface area contributed by atoms with Crippen molar-refractivity contribution in [2.75, 3.05) is 49.8 Å². The third-order valence-corrected chi connectivity index (χ3v) is 7.39. The molecule has 10 nitrogen and oxygen atoms in total. The summed E-state index contributed by atoms with van der Waals surface area (Å²) in [7, 11) is 10.1. The van der Waals surface area contributed by atoms with Gasteiger partial charge in [0.15, 0.2) is 0 Å². The Kier molecular flexibility index (Phi) is 6.86. The monoisotopic (exact) mass is 560 g/mol. The van der Waals surface area contributed by atoms with E-state index < -0.39 is 17.5 Å². The Labute approximate surface area is 235 Å². The molecule has 212 valence electrons. The van der Waals surface area contributed by atoms with Gasteiger partial charge < -0.3 is 33.2 Å². The van der Waals surface area contributed by atoms with Gasteiger partial charge in [-0.1, -0.05) is 0 Å². The van der Waals surface area contributed by atoms with Crippen LogP contribution in [0.5, 0.6) is 34.5 Å². The van der Waals surface area contributed by atoms with Gasteiger partial charge in [0.05, 0.1) is 66.1 Å². The summed E-state index contributed by atoms with van der Waals surface area (Å²) in [6.45, 7) is 1.64. The van der Waals surface area contributed by atoms with E-state index in [9.17, 15) is 14.4 Å². The van der Waals surface area contributed by atoms with E-state index in [1.54, 1.807) is 25.1 Å². The largest absolute Gasteiger partial charge is 0.497 e. The highest BCUT2D eigenvalue weighted by Gasteiger charge is 2.40. The number of benzene rings is 4. The molecule has 0 amide bonds. The molecule has 5 rings (SSSR count). The molecular weight excluding hydrogens is 532 g/mol. The Balaban J connectivity index is 2.09. The highest BCUT2D eigenvalue weighted by molar-refractivity contribution is 6.54. The number of ketones is 2. The van der Waals surface area contributed by atoms with Gasteiger partial charge in [0.1, 0.15) is 40.1 Å². The number of aryl methyl sites for hydroxylation is 1. The number of Topliss-reactive ketones (excluding diaryl/α,β-unsaturated/α-hetero) is 2. The molecule has 0 radical (unpaired) electrons. The van der Waals surface area contributed by atoms with Gasteiger partial charge in [-0.25, -0.2) is 4.79 Å². The zero-order valence-electron chi connectivity index (χ0n) is 23.9. The van der Waals surface area contributed by atoms with Crippen LogP contribution in [0.1, 0.15) is 36.6 Å². The predicted molar refractivity (Wildman–Crippen MR) is 151 cm³/mol. The number of hydrogen-bond acceptors (Lipinski definition) is 10. The van der Waals surface area contributed by atoms with E-state index in [0.717, 1.165) is 0 Å². The maximum Gasteiger partial charge on any atom is 0.341 e. The second-order valence-electron chi connectivity index (χ2n) is 9.25. The van der Waals surface area contributed by atoms with Crippen molar-refractivity contribution in [3.8, 4) is 45.6 Å². The summed E-state index contributed by atoms with van der Waals surface area (Å²) in [4.78, 5) is 40.1. The fourth-order valence-electron chi connectivity index (χ4n) is 5.70. The number of methoxy groups -OCH3 is 7. The van der Waals surface area contributed by atoms with Gasteiger partial charge in [-0.15, -0.1) is 0 Å². The van der Waals surface area contributed by atoms with E-state index in [4.69, 9.17) is 33.2 Å². The quantitative estimate of drug-likeness (QED) is 0.170. The van der Waals surface area contributed by atoms with E-state index in [2.05, 4.69) is 0 Å². The van der Waals surface area contributed by atoms with Crippen LogP contribution in [0.2, 0.25) is 0 Å². The lowest BCUT2D eigenvalue weighted by Gasteiger charge is -2.27. The first kappa shape index (κ1) is 27.6. The number of carbonyl (C=O) groups is 3. The molecule has 0 saturated heterocycles. The number of hydrogen-bond donors (Lipinski definition) is 0. The topological polar surface area (TPSA) is 116 Å². The van der Waals surface area contributed by atoms with Crippen molar-refractivity contribution in [3.05, 3.63) is 46.5 Å². The summed E-state index contributed by atoms with van der Waals surface area (Å²) in [6.07, 6.45) is 0. The molecule has 4 aromatic rings. The van der Waals surface area contributed by atoms with Crippen LogP contribution >= 0.6 is 0 Å². The van der Waals surface area contributed by atoms with Gasteiger partial charge in [0.2, 0.25) is 11.6 Å². The Morgan fingerprint density at radius 2 is 1.22 bits per heavy atom. The molecule has 1 aliphatic rings. The first-order valence-electron chi connectivity index (χ1n) is 12.5. The van der Waals surface area contributed by atoms with Gasteiger partial charge in [-0.05, 0) is 30.7 Å². The van der Waals surface area contributed by atoms with Gasteiger partial charge in [0, 0.05) is 33.5 Å². The van der Waals surface area contributed by atoms with Crippen molar-refractivity contribution in [2.45, 2.75) is 6.92 Å². The van der Waals surface area contributed by atoms with Crippen LogP contribution in [0.25, 0.3) is 32.7 Å². The highest BCUT2D eigenvalue weighted by Crippen LogP contribution is 2.55. The van der Waals surface area contributed by atoms with E-state index in [0.29, 0.717) is 55.7 Å². The second kappa shape index (κ2) is 10.2. The summed E-state index contributed by atoms with van der Waals surface area (Å²) in [5.74, 6) is -0.284. The minimum Gasteiger partial charge on any atom is -0.497 e. The van der Waals surface area contributed by atoms with Crippen molar-refractivity contribution in [2.24, 2.45) is 0 Å². The van der Waals surface area contributed by atoms with Crippen LogP contribution in [0.15, 0.2) is 24.3 Å². The molecule has 0 unspecified atom stereocenters. The van der Waals surface area contributed by atoms with Gasteiger partial charge in [-0.2, -0.15) is 0 Å². The third kappa shape index (κ3) is 3.74. The molecule has 0 bridgehead atoms. The second-order valence-corrected chi connectivity index (χ2v) is 9.25. The number of ether oxygens (including phenoxy) is 7. The highest BCUT2D eigenvalue weighted by atomic mass is 16.5. The average molecular weight is 561 g/mol. The van der Waals surface area contributed by atoms with Crippen LogP contribution in [-0.4, -0.2) is 67.3 Å². The van der Waals surface area contributed by atoms with E-state index >= 15 is 0 Å². The number of esters is 1. The standard InChI is InChI=1S/C31H28O10/c1-13-9-16-21(28(38-5)20(13)31(34)41-8)15-12-18-24(30(40-7)23(15)26(33)25(16)32)29(39-6)22-17(27(18)37-4)10-14(35-2)11-19(22)36-3/h9-12H,1-8H3. The lowest BCUT2D eigenvalue weighted by atomic mass is 9.79. The maximum atomic E-state index is 13.7. The fraction of sp³-hybridized carbons (Fsp3) is 0.258. The van der Waals surface area contributed by atoms with E-state index in [1.165, 1.54) is 55.8 Å². The first-order valence-corrected chi connectivity index (χ1v) is 12.5. The lowest BCUT2D eigenvalue weighted by Crippen LogP contribution is -2.24. The Morgan fingerprint density at radius 3 is 1.78 bits per heavy atom. The SMILES string of the molecule is COC(=O)c1c(C)cc2c(c1OC)-c1cc3c(OC)c4cc(OC)cc(OC)c4c(OC)c3c(OC)c1C(=O)C2=O. The maximum absolute atomic E-state index is 13.7. The van der Waals surface area contributed by atoms with Gasteiger partial charge in [-0.3, -0.25) is 9.59 Å². The zero-order valence-corrected chi connectivity index (χ0v) is 23.9. The molecule has 0 aliphatic heterocycles. The number of carbonyl (C=O) groups excluding carboxylic acids is 3. The summed E-state index contributed by atoms with van der Waals surface area (Å²) in [5.41, 5.74) is 1.25. The van der Waals surface area contributed by atoms with Gasteiger partial charge >= 0.3 is 5.97 Å². The zero-order chi connectivity index (χ0) is 29.7. The minimum absolute atomic E-state index is 0.00245. The number of fused-ring (bicyclic) bond motifs is 5. The van der Waals surface area contributed by atoms with E-state index in [1.807, 2.05) is 0 Å². The van der Waals surface area contributed by atoms with E-state index in [-0.39, 0.29) is 33.8 Å². The molecule has 1 aliphatic carbocycles. The van der Waals surface area contributed by atoms with Crippen LogP contribution in [0, 0.1) is 6.92 Å². The molecule has 0 atom stereocenters. The van der Waals surface area contributed by atoms with Gasteiger partial charge in [0.25, 0.3) is 0 Å². The molecule has 0 N–H and O–H groups in total. The summed E-state index contributed by atoms with van der Waals surface area (Å²) in [5, 5.41) is 2.07. The third-order valence-electron chi connectivity index (χ3n) is 7.39. The first-order chi connectivity index (χ1) is 19.7. The molecule has 0 saturated carbocycles. The Morgan fingerprint density at radius 1 is 0.585 bits per heavy atom. The molecule has 0 fully saturated rings. The molecular formula is C31H28O10. The van der Waals surface area contributed by atoms with Crippen LogP contribution in [-0.2, 0) is 4.74 Å². The minimum atomic E-state index is -0.777. The summed E-state index contributed by atoms with van der Waals surface area (Å²) < 4.78 is 39.6. The van der Waals surface area contributed by atoms with Crippen molar-refractivity contribution >= 4 is 39.1 Å². The summed E-state index contributed by atoms with van der Waals surface area (Å²) in [6, 6.07) is 6.69. The smallest absolute Gasteiger partial charge is 0.341 e. The van der Waals surface area contributed by atoms with Crippen molar-refractivity contribution < 1.29 is 47.5 Å². The van der Waals surface area contributed by atoms with Crippen LogP contribution in [0.4, 0.5) is 0 Å². The molecule has 0 heterocycles. The van der Waals surface area contributed by atoms with Crippen molar-refractivity contribution in [3.63, 3.8) is 0 Å². The average Bonchev–Trinajstić information content (AvgIpc) is 2.99. The number of rotatable bonds is 7. The van der Waals surface area contributed by atoms with Crippen molar-refractivity contribution in [1.82, 2.24) is 0 Å². The Bertz CT molecular complexity index is 1800. The normalized spacial score (nSPS) is 12.1. The van der Waals surface area contributed by atoms with Crippen LogP contribution < -0.4 is 28.4 Å². The predicted octanol–water partition coefficient (Wildman–Crippen LogP) is 5.19. The molecule has 0 spiro atoms.